The first-order chi connectivity index (χ1) is 2.50. The van der Waals surface area contributed by atoms with E-state index in [1.165, 1.54) is 0 Å². The second-order valence-corrected chi connectivity index (χ2v) is 1.00. The Hall–Kier alpha value is 0.194. The Kier molecular flexibility index (Phi) is 3.50. The van der Waals surface area contributed by atoms with Crippen LogP contribution in [-0.4, -0.2) is 0 Å². The van der Waals surface area contributed by atoms with Crippen LogP contribution in [0.1, 0.15) is 9.27 Å². The third kappa shape index (κ3) is 1.59. The van der Waals surface area contributed by atoms with Crippen molar-refractivity contribution in [3.63, 3.8) is 0 Å². The molecule has 0 spiro atoms. The maximum Gasteiger partial charge on any atom is 0 e. The van der Waals surface area contributed by atoms with Crippen LogP contribution in [0.2, 0.25) is 0 Å². The summed E-state index contributed by atoms with van der Waals surface area (Å²) in [5, 5.41) is 0. The minimum absolute atomic E-state index is 0. The van der Waals surface area contributed by atoms with E-state index in [9.17, 15) is 0 Å². The molecule has 1 aliphatic rings. The van der Waals surface area contributed by atoms with Gasteiger partial charge in [0.25, 0.3) is 0 Å². The molecule has 1 rings (SSSR count). The Labute approximate surface area is 55.8 Å². The summed E-state index contributed by atoms with van der Waals surface area (Å²) >= 11 is 0. The van der Waals surface area contributed by atoms with Crippen LogP contribution >= 0.6 is 0 Å². The fourth-order valence-electron chi connectivity index (χ4n) is 0.340. The summed E-state index contributed by atoms with van der Waals surface area (Å²) in [4.78, 5) is 0. The molecule has 0 fully saturated rings. The zero-order chi connectivity index (χ0) is 3.54. The van der Waals surface area contributed by atoms with E-state index < -0.39 is 0 Å². The van der Waals surface area contributed by atoms with Gasteiger partial charge in [0.15, 0.2) is 0 Å². The van der Waals surface area contributed by atoms with Crippen molar-refractivity contribution in [2.75, 3.05) is 0 Å². The monoisotopic (exact) mass is 115 g/mol. The van der Waals surface area contributed by atoms with Crippen molar-refractivity contribution in [1.82, 2.24) is 0 Å². The molecule has 0 radical (unpaired) electrons. The Balaban J connectivity index is -0.0000000833. The molecule has 0 heterocycles. The zero-order valence-electron chi connectivity index (χ0n) is 5.44. The Morgan fingerprint density at radius 2 is 2.50 bits per heavy atom. The fraction of sp³-hybridized carbons (Fsp3) is 0.200. The first-order valence-electron chi connectivity index (χ1n) is 1.72. The molecular formula is C5H7Ti-3. The molecule has 6 heavy (non-hydrogen) atoms. The predicted octanol–water partition coefficient (Wildman–Crippen LogP) is 1.53. The molecule has 0 saturated heterocycles. The van der Waals surface area contributed by atoms with Gasteiger partial charge >= 0.3 is 0 Å². The van der Waals surface area contributed by atoms with E-state index in [2.05, 4.69) is 12.2 Å². The van der Waals surface area contributed by atoms with E-state index in [4.69, 9.17) is 0 Å². The maximum absolute atomic E-state index is 2.99. The Bertz CT molecular complexity index is 68.5. The largest absolute Gasteiger partial charge is 1.00 e. The molecule has 0 atom stereocenters. The van der Waals surface area contributed by atoms with E-state index in [1.807, 2.05) is 12.2 Å². The molecule has 0 aromatic rings. The average molecular weight is 115 g/mol. The summed E-state index contributed by atoms with van der Waals surface area (Å²) in [6.07, 6.45) is 10.0. The van der Waals surface area contributed by atoms with Crippen molar-refractivity contribution in [1.29, 1.82) is 0 Å². The molecule has 0 bridgehead atoms. The minimum atomic E-state index is 0. The van der Waals surface area contributed by atoms with Gasteiger partial charge in [-0.15, -0.1) is 6.42 Å². The summed E-state index contributed by atoms with van der Waals surface area (Å²) in [5.74, 6) is 0. The van der Waals surface area contributed by atoms with Crippen LogP contribution < -0.4 is 0 Å². The average Bonchev–Trinajstić information content (AvgIpc) is 1.76. The van der Waals surface area contributed by atoms with E-state index >= 15 is 0 Å². The molecule has 0 aliphatic heterocycles. The first-order valence-corrected chi connectivity index (χ1v) is 1.72. The van der Waals surface area contributed by atoms with Crippen LogP contribution in [0.25, 0.3) is 0 Å². The van der Waals surface area contributed by atoms with Gasteiger partial charge in [-0.25, -0.2) is 12.2 Å². The third-order valence-electron chi connectivity index (χ3n) is 0.586. The van der Waals surface area contributed by atoms with Gasteiger partial charge < -0.3 is 2.85 Å². The summed E-state index contributed by atoms with van der Waals surface area (Å²) in [7, 11) is 0. The molecule has 34 valence electrons. The third-order valence-corrected chi connectivity index (χ3v) is 0.586. The molecule has 0 aromatic heterocycles. The Morgan fingerprint density at radius 3 is 2.67 bits per heavy atom. The van der Waals surface area contributed by atoms with Crippen LogP contribution in [0.4, 0.5) is 0 Å². The summed E-state index contributed by atoms with van der Waals surface area (Å²) < 4.78 is 0. The number of hydrogen-bond donors (Lipinski definition) is 0. The number of allylic oxidation sites excluding steroid dienone is 4. The van der Waals surface area contributed by atoms with Gasteiger partial charge in [0.1, 0.15) is 0 Å². The summed E-state index contributed by atoms with van der Waals surface area (Å²) in [6, 6.07) is 0. The van der Waals surface area contributed by atoms with Crippen LogP contribution in [0, 0.1) is 6.08 Å². The van der Waals surface area contributed by atoms with E-state index in [0.717, 1.165) is 6.42 Å². The predicted molar refractivity (Wildman–Crippen MR) is 23.8 cm³/mol. The van der Waals surface area contributed by atoms with Gasteiger partial charge in [-0.3, -0.25) is 6.08 Å². The zero-order valence-corrected chi connectivity index (χ0v) is 5.00. The smallest absolute Gasteiger partial charge is 0 e. The number of rotatable bonds is 0. The molecule has 1 heteroatoms. The molecule has 0 unspecified atom stereocenters. The van der Waals surface area contributed by atoms with E-state index in [-0.39, 0.29) is 24.6 Å². The fourth-order valence-corrected chi connectivity index (χ4v) is 0.340. The van der Waals surface area contributed by atoms with Crippen LogP contribution in [-0.2, 0) is 21.7 Å². The Morgan fingerprint density at radius 1 is 1.67 bits per heavy atom. The van der Waals surface area contributed by atoms with Crippen molar-refractivity contribution >= 4 is 0 Å². The van der Waals surface area contributed by atoms with Gasteiger partial charge in [0.2, 0.25) is 0 Å². The van der Waals surface area contributed by atoms with E-state index in [1.54, 1.807) is 0 Å². The summed E-state index contributed by atoms with van der Waals surface area (Å²) in [6.45, 7) is 0. The normalized spacial score (nSPS) is 14.7. The molecule has 0 aromatic carbocycles. The minimum Gasteiger partial charge on any atom is -1.00 e. The second kappa shape index (κ2) is 3.39. The molecule has 0 saturated carbocycles. The molecule has 0 nitrogen and oxygen atoms in total. The van der Waals surface area contributed by atoms with Crippen LogP contribution in [0.15, 0.2) is 18.2 Å². The van der Waals surface area contributed by atoms with Crippen LogP contribution in [0.5, 0.6) is 0 Å². The maximum atomic E-state index is 2.99. The molecule has 0 amide bonds. The van der Waals surface area contributed by atoms with Gasteiger partial charge in [0, 0.05) is 21.7 Å². The SMILES string of the molecule is [C-]1=CC=CC1.[H-].[H-].[Ti]. The van der Waals surface area contributed by atoms with Crippen molar-refractivity contribution in [3.05, 3.63) is 24.3 Å². The topological polar surface area (TPSA) is 0 Å². The first kappa shape index (κ1) is 6.19. The molecule has 0 N–H and O–H groups in total. The van der Waals surface area contributed by atoms with Gasteiger partial charge in [-0.1, -0.05) is 0 Å². The van der Waals surface area contributed by atoms with Crippen molar-refractivity contribution in [3.8, 4) is 0 Å². The van der Waals surface area contributed by atoms with Crippen molar-refractivity contribution < 1.29 is 24.6 Å². The number of hydrogen-bond acceptors (Lipinski definition) is 0. The van der Waals surface area contributed by atoms with Gasteiger partial charge in [-0.2, -0.15) is 6.08 Å². The van der Waals surface area contributed by atoms with Crippen molar-refractivity contribution in [2.24, 2.45) is 0 Å². The van der Waals surface area contributed by atoms with Crippen molar-refractivity contribution in [2.45, 2.75) is 6.42 Å². The van der Waals surface area contributed by atoms with E-state index in [0.29, 0.717) is 0 Å². The quantitative estimate of drug-likeness (QED) is 0.331. The molecule has 1 aliphatic carbocycles. The molecular weight excluding hydrogens is 108 g/mol. The van der Waals surface area contributed by atoms with Gasteiger partial charge in [0.05, 0.1) is 0 Å². The summed E-state index contributed by atoms with van der Waals surface area (Å²) in [5.41, 5.74) is 0. The standard InChI is InChI=1S/C5H5.Ti.2H/c1-2-4-5-3-1;;;/h1-3H,4H2;;;/q-1;;2*-1. The van der Waals surface area contributed by atoms with Crippen LogP contribution in [0.3, 0.4) is 0 Å². The van der Waals surface area contributed by atoms with Gasteiger partial charge in [-0.05, 0) is 0 Å². The second-order valence-electron chi connectivity index (χ2n) is 1.00.